The molecule has 0 radical (unpaired) electrons. The minimum Gasteiger partial charge on any atom is -0.379 e. The number of amides is 12. The van der Waals surface area contributed by atoms with Crippen LogP contribution in [0.2, 0.25) is 5.02 Å². The molecule has 12 atom stereocenters. The van der Waals surface area contributed by atoms with Gasteiger partial charge in [-0.15, -0.1) is 0 Å². The number of alkyl halides is 3. The normalized spacial score (nSPS) is 29.8. The fourth-order valence-electron chi connectivity index (χ4n) is 17.0. The molecule has 1 aromatic carbocycles. The Hall–Kier alpha value is -7.14. The number of carbonyl (C=O) groups excluding carboxylic acids is 12. The Morgan fingerprint density at radius 2 is 1.33 bits per heavy atom. The summed E-state index contributed by atoms with van der Waals surface area (Å²) < 4.78 is 53.5. The minimum atomic E-state index is -4.77. The summed E-state index contributed by atoms with van der Waals surface area (Å²) in [5, 5.41) is 8.23. The van der Waals surface area contributed by atoms with Crippen LogP contribution in [0.4, 0.5) is 13.2 Å². The highest BCUT2D eigenvalue weighted by atomic mass is 35.5. The number of benzene rings is 1. The zero-order valence-electron chi connectivity index (χ0n) is 62.3. The fourth-order valence-corrected chi connectivity index (χ4v) is 17.4. The van der Waals surface area contributed by atoms with Crippen molar-refractivity contribution >= 4 is 82.5 Å². The van der Waals surface area contributed by atoms with Crippen LogP contribution in [0.5, 0.6) is 0 Å². The third-order valence-corrected chi connectivity index (χ3v) is 24.2. The van der Waals surface area contributed by atoms with Crippen molar-refractivity contribution in [1.29, 1.82) is 0 Å². The summed E-state index contributed by atoms with van der Waals surface area (Å²) in [4.78, 5) is 194. The van der Waals surface area contributed by atoms with Crippen LogP contribution in [0.15, 0.2) is 18.2 Å². The number of hydrogen-bond donors (Lipinski definition) is 3. The van der Waals surface area contributed by atoms with Gasteiger partial charge in [0.1, 0.15) is 59.9 Å². The quantitative estimate of drug-likeness (QED) is 0.221. The first-order valence-electron chi connectivity index (χ1n) is 37.8. The number of ether oxygens (including phenoxy) is 2. The molecule has 5 heterocycles. The number of aryl methyl sites for hydroxylation is 1. The lowest BCUT2D eigenvalue weighted by Crippen LogP contribution is -2.65. The molecule has 2 unspecified atom stereocenters. The summed E-state index contributed by atoms with van der Waals surface area (Å²) in [5.74, 6) is -8.69. The Kier molecular flexibility index (Phi) is 27.3. The molecule has 3 aliphatic carbocycles. The molecule has 1 spiro atoms. The summed E-state index contributed by atoms with van der Waals surface area (Å²) in [6.45, 7) is 6.80. The molecular formula is C74H110ClF3N12O14. The monoisotopic (exact) mass is 1480 g/mol. The Balaban J connectivity index is 1.09. The van der Waals surface area contributed by atoms with E-state index in [-0.39, 0.29) is 108 Å². The van der Waals surface area contributed by atoms with Crippen LogP contribution in [-0.2, 0) is 79.6 Å². The standard InChI is InChI=1S/C74H110ClF3N12O14/c1-11-36-103-43-58-67(97)82(5)40-59(91)79-53(30-26-47-25-29-51(52(75)37-47)74(76,77)78)66(96)88-34-19-24-54(88)64(94)81-73(32-17-18-33-73)72(102)87(10)62(48-22-15-16-23-48)71(101)85(8)57(69(99)90-49-27-28-50(90)42-104-41-49)39-60(92)84(7)56(38-46-20-13-14-21-46)63(93)80-61(44(3)12-2)70(100)83(6)45(4)65(95)89-35-31-55(89)68(98)86(58)9/h25,29,37,44-46,48-50,53-58,61-62H,11-24,26-28,30-36,38-43H2,1-10H3,(H,79,91)(H,80,93)(H,81,94)/t44-,45-,49?,50?,53-,54-,55-,56-,57-,58-,61-,62-/m0/s1. The van der Waals surface area contributed by atoms with Crippen molar-refractivity contribution in [2.75, 3.05) is 88.3 Å². The van der Waals surface area contributed by atoms with Crippen molar-refractivity contribution in [3.8, 4) is 0 Å². The van der Waals surface area contributed by atoms with Gasteiger partial charge in [-0.2, -0.15) is 13.2 Å². The maximum absolute atomic E-state index is 16.0. The first-order chi connectivity index (χ1) is 49.3. The zero-order chi connectivity index (χ0) is 75.8. The van der Waals surface area contributed by atoms with Gasteiger partial charge in [0.15, 0.2) is 0 Å². The van der Waals surface area contributed by atoms with Gasteiger partial charge in [-0.3, -0.25) is 57.5 Å². The zero-order valence-corrected chi connectivity index (χ0v) is 63.0. The topological polar surface area (TPSA) is 289 Å². The van der Waals surface area contributed by atoms with E-state index in [4.69, 9.17) is 21.1 Å². The van der Waals surface area contributed by atoms with Crippen molar-refractivity contribution in [2.24, 2.45) is 17.8 Å². The predicted molar refractivity (Wildman–Crippen MR) is 377 cm³/mol. The third kappa shape index (κ3) is 17.9. The average molecular weight is 1480 g/mol. The Bertz CT molecular complexity index is 3320. The van der Waals surface area contributed by atoms with Crippen molar-refractivity contribution in [3.63, 3.8) is 0 Å². The lowest BCUT2D eigenvalue weighted by Gasteiger charge is -2.45. The number of halogens is 4. The maximum Gasteiger partial charge on any atom is 0.417 e. The number of likely N-dealkylation sites (N-methyl/N-ethyl adjacent to an activating group) is 6. The van der Waals surface area contributed by atoms with E-state index >= 15 is 38.4 Å². The first kappa shape index (κ1) is 80.9. The molecule has 12 amide bonds. The number of morpholine rings is 1. The highest BCUT2D eigenvalue weighted by molar-refractivity contribution is 6.31. The van der Waals surface area contributed by atoms with Crippen LogP contribution in [0.1, 0.15) is 180 Å². The van der Waals surface area contributed by atoms with Crippen molar-refractivity contribution < 1.29 is 80.2 Å². The van der Waals surface area contributed by atoms with E-state index < -0.39 is 172 Å². The smallest absolute Gasteiger partial charge is 0.379 e. The van der Waals surface area contributed by atoms with Crippen molar-refractivity contribution in [3.05, 3.63) is 34.3 Å². The highest BCUT2D eigenvalue weighted by Crippen LogP contribution is 2.40. The lowest BCUT2D eigenvalue weighted by molar-refractivity contribution is -0.161. The summed E-state index contributed by atoms with van der Waals surface area (Å²) in [7, 11) is 8.60. The second-order valence-corrected chi connectivity index (χ2v) is 31.1. The van der Waals surface area contributed by atoms with Gasteiger partial charge >= 0.3 is 6.18 Å². The van der Waals surface area contributed by atoms with E-state index in [9.17, 15) is 32.3 Å². The molecule has 5 saturated heterocycles. The van der Waals surface area contributed by atoms with Gasteiger partial charge in [0.2, 0.25) is 70.9 Å². The van der Waals surface area contributed by atoms with Crippen LogP contribution >= 0.6 is 11.6 Å². The van der Waals surface area contributed by atoms with Gasteiger partial charge in [-0.25, -0.2) is 0 Å². The Labute approximate surface area is 614 Å². The number of nitrogens with zero attached hydrogens (tertiary/aromatic N) is 9. The van der Waals surface area contributed by atoms with Gasteiger partial charge in [0, 0.05) is 62.0 Å². The molecule has 2 bridgehead atoms. The predicted octanol–water partition coefficient (Wildman–Crippen LogP) is 4.93. The average Bonchev–Trinajstić information content (AvgIpc) is 1.70. The molecule has 1 aromatic rings. The molecule has 30 heteroatoms. The highest BCUT2D eigenvalue weighted by Gasteiger charge is 2.53. The van der Waals surface area contributed by atoms with Crippen molar-refractivity contribution in [1.82, 2.24) is 60.0 Å². The van der Waals surface area contributed by atoms with E-state index in [0.717, 1.165) is 60.5 Å². The van der Waals surface area contributed by atoms with Gasteiger partial charge < -0.3 is 69.5 Å². The van der Waals surface area contributed by atoms with E-state index in [2.05, 4.69) is 16.0 Å². The SMILES string of the molecule is CCCOC[C@H]1C(=O)N(C)CC(=O)N[C@@H](CCc2ccc(C(F)(F)F)c(Cl)c2)C(=O)N2CCC[C@H]2C(=O)NC2(CCCC2)C(=O)N(C)[C@@H](C2CCCC2)C(=O)N(C)[C@H](C(=O)N2C3CCC2COC3)CC(=O)N(C)[C@@H](CC2CCCC2)C(=O)N[C@@H]([C@@H](C)CC)C(=O)N(C)[C@@H](C)C(=O)N2CC[C@H]2C(=O)N1C. The van der Waals surface area contributed by atoms with Gasteiger partial charge in [-0.05, 0) is 126 Å². The van der Waals surface area contributed by atoms with Crippen LogP contribution in [0.3, 0.4) is 0 Å². The molecule has 26 nitrogen and oxygen atoms in total. The molecule has 3 N–H and O–H groups in total. The molecule has 104 heavy (non-hydrogen) atoms. The minimum absolute atomic E-state index is 0.0173. The molecule has 3 saturated carbocycles. The number of nitrogens with one attached hydrogen (secondary N) is 3. The van der Waals surface area contributed by atoms with E-state index in [1.807, 2.05) is 13.8 Å². The first-order valence-corrected chi connectivity index (χ1v) is 38.2. The van der Waals surface area contributed by atoms with E-state index in [1.54, 1.807) is 11.8 Å². The largest absolute Gasteiger partial charge is 0.417 e. The van der Waals surface area contributed by atoms with Gasteiger partial charge in [0.05, 0.1) is 55.5 Å². The number of rotatable bonds is 13. The van der Waals surface area contributed by atoms with Crippen molar-refractivity contribution in [2.45, 2.75) is 254 Å². The third-order valence-electron chi connectivity index (χ3n) is 23.9. The molecule has 9 rings (SSSR count). The van der Waals surface area contributed by atoms with Gasteiger partial charge in [0.25, 0.3) is 0 Å². The molecule has 0 aromatic heterocycles. The molecule has 578 valence electrons. The molecular weight excluding hydrogens is 1370 g/mol. The molecule has 8 fully saturated rings. The summed E-state index contributed by atoms with van der Waals surface area (Å²) in [6, 6.07) is -8.85. The molecule has 8 aliphatic rings. The van der Waals surface area contributed by atoms with Crippen LogP contribution in [-0.4, -0.2) is 275 Å². The van der Waals surface area contributed by atoms with Gasteiger partial charge in [-0.1, -0.05) is 96.2 Å². The second-order valence-electron chi connectivity index (χ2n) is 30.7. The van der Waals surface area contributed by atoms with E-state index in [0.29, 0.717) is 57.8 Å². The van der Waals surface area contributed by atoms with Crippen LogP contribution < -0.4 is 16.0 Å². The van der Waals surface area contributed by atoms with Crippen LogP contribution in [0.25, 0.3) is 0 Å². The fraction of sp³-hybridized carbons (Fsp3) is 0.757. The van der Waals surface area contributed by atoms with E-state index in [1.165, 1.54) is 84.7 Å². The number of fused-ring (bicyclic) bond motifs is 4. The Morgan fingerprint density at radius 3 is 1.93 bits per heavy atom. The number of carbonyl (C=O) groups is 12. The summed E-state index contributed by atoms with van der Waals surface area (Å²) in [5.41, 5.74) is -2.38. The lowest BCUT2D eigenvalue weighted by atomic mass is 9.90. The maximum atomic E-state index is 16.0. The summed E-state index contributed by atoms with van der Waals surface area (Å²) >= 11 is 6.16. The molecule has 5 aliphatic heterocycles. The van der Waals surface area contributed by atoms with Crippen LogP contribution in [0, 0.1) is 17.8 Å². The second kappa shape index (κ2) is 35.1. The Morgan fingerprint density at radius 1 is 0.683 bits per heavy atom. The number of hydrogen-bond acceptors (Lipinski definition) is 14. The summed E-state index contributed by atoms with van der Waals surface area (Å²) in [6.07, 6.45) is 4.67.